The second-order valence-electron chi connectivity index (χ2n) is 8.96. The van der Waals surface area contributed by atoms with Crippen LogP contribution in [0.25, 0.3) is 0 Å². The number of aromatic nitrogens is 3. The van der Waals surface area contributed by atoms with E-state index in [0.717, 1.165) is 31.0 Å². The van der Waals surface area contributed by atoms with Crippen molar-refractivity contribution in [3.63, 3.8) is 0 Å². The van der Waals surface area contributed by atoms with E-state index in [1.165, 1.54) is 12.1 Å². The van der Waals surface area contributed by atoms with Crippen molar-refractivity contribution in [3.8, 4) is 11.5 Å². The summed E-state index contributed by atoms with van der Waals surface area (Å²) in [4.78, 5) is 16.5. The van der Waals surface area contributed by atoms with E-state index in [9.17, 15) is 9.18 Å². The van der Waals surface area contributed by atoms with Crippen LogP contribution in [0.1, 0.15) is 62.9 Å². The van der Waals surface area contributed by atoms with Crippen molar-refractivity contribution in [1.82, 2.24) is 20.5 Å². The molecule has 0 atom stereocenters. The summed E-state index contributed by atoms with van der Waals surface area (Å²) in [6, 6.07) is 7.86. The molecule has 0 spiro atoms. The lowest BCUT2D eigenvalue weighted by atomic mass is 9.66. The monoisotopic (exact) mass is 502 g/mol. The number of carbonyl (C=O) groups is 1. The second-order valence-corrected chi connectivity index (χ2v) is 9.37. The number of carbonyl (C=O) groups excluding carboxylic acids is 1. The van der Waals surface area contributed by atoms with Crippen LogP contribution in [0.4, 0.5) is 4.39 Å². The van der Waals surface area contributed by atoms with E-state index in [1.807, 2.05) is 12.1 Å². The normalized spacial score (nSPS) is 14.4. The molecular formula is C25H28ClFN4O4. The number of pyridine rings is 1. The lowest BCUT2D eigenvalue weighted by molar-refractivity contribution is -0.123. The van der Waals surface area contributed by atoms with Gasteiger partial charge in [-0.1, -0.05) is 31.9 Å². The standard InChI is InChI=1S/C25H28ClFN4O4/c1-16(2)21-7-5-18(13-29-21)34-15-23-30-31-24(35-23)25(8-3-9-25)10-11-28-22(32)14-33-17-4-6-19(26)20(27)12-17/h4-7,12-13,16H,3,8-11,14-15H2,1-2H3,(H,28,32). The fourth-order valence-electron chi connectivity index (χ4n) is 3.87. The highest BCUT2D eigenvalue weighted by molar-refractivity contribution is 6.30. The van der Waals surface area contributed by atoms with Crippen LogP contribution in [0, 0.1) is 5.82 Å². The Morgan fingerprint density at radius 1 is 1.20 bits per heavy atom. The molecule has 0 radical (unpaired) electrons. The summed E-state index contributed by atoms with van der Waals surface area (Å²) in [5.41, 5.74) is 0.751. The van der Waals surface area contributed by atoms with Crippen molar-refractivity contribution in [2.45, 2.75) is 57.5 Å². The highest BCUT2D eigenvalue weighted by Gasteiger charge is 2.43. The molecule has 1 amide bonds. The third-order valence-electron chi connectivity index (χ3n) is 6.13. The zero-order chi connectivity index (χ0) is 24.8. The molecular weight excluding hydrogens is 475 g/mol. The summed E-state index contributed by atoms with van der Waals surface area (Å²) < 4.78 is 30.4. The molecule has 0 unspecified atom stereocenters. The van der Waals surface area contributed by atoms with E-state index in [-0.39, 0.29) is 35.3 Å². The van der Waals surface area contributed by atoms with Crippen LogP contribution in [0.3, 0.4) is 0 Å². The molecule has 2 heterocycles. The maximum Gasteiger partial charge on any atom is 0.257 e. The molecule has 0 aliphatic heterocycles. The fourth-order valence-corrected chi connectivity index (χ4v) is 3.99. The highest BCUT2D eigenvalue weighted by atomic mass is 35.5. The minimum atomic E-state index is -0.596. The fraction of sp³-hybridized carbons (Fsp3) is 0.440. The van der Waals surface area contributed by atoms with E-state index >= 15 is 0 Å². The van der Waals surface area contributed by atoms with E-state index in [4.69, 9.17) is 25.5 Å². The highest BCUT2D eigenvalue weighted by Crippen LogP contribution is 2.45. The Balaban J connectivity index is 1.24. The van der Waals surface area contributed by atoms with Crippen LogP contribution in [0.5, 0.6) is 11.5 Å². The SMILES string of the molecule is CC(C)c1ccc(OCc2nnc(C3(CCNC(=O)COc4ccc(Cl)c(F)c4)CCC3)o2)cn1. The molecule has 0 bridgehead atoms. The van der Waals surface area contributed by atoms with Gasteiger partial charge in [0.15, 0.2) is 13.2 Å². The molecule has 0 saturated heterocycles. The van der Waals surface area contributed by atoms with Gasteiger partial charge in [-0.3, -0.25) is 9.78 Å². The first-order chi connectivity index (χ1) is 16.8. The third-order valence-corrected chi connectivity index (χ3v) is 6.44. The number of ether oxygens (including phenoxy) is 2. The minimum absolute atomic E-state index is 0.000598. The Labute approximate surface area is 208 Å². The zero-order valence-electron chi connectivity index (χ0n) is 19.7. The zero-order valence-corrected chi connectivity index (χ0v) is 20.5. The molecule has 4 rings (SSSR count). The predicted octanol–water partition coefficient (Wildman–Crippen LogP) is 4.97. The largest absolute Gasteiger partial charge is 0.484 e. The van der Waals surface area contributed by atoms with E-state index in [2.05, 4.69) is 34.3 Å². The Morgan fingerprint density at radius 2 is 2.00 bits per heavy atom. The first-order valence-corrected chi connectivity index (χ1v) is 12.0. The van der Waals surface area contributed by atoms with E-state index < -0.39 is 5.82 Å². The average Bonchev–Trinajstić information content (AvgIpc) is 3.29. The van der Waals surface area contributed by atoms with Crippen molar-refractivity contribution < 1.29 is 23.1 Å². The minimum Gasteiger partial charge on any atom is -0.484 e. The number of hydrogen-bond acceptors (Lipinski definition) is 7. The lowest BCUT2D eigenvalue weighted by Gasteiger charge is -2.38. The molecule has 1 aliphatic carbocycles. The molecule has 1 saturated carbocycles. The summed E-state index contributed by atoms with van der Waals surface area (Å²) in [6.45, 7) is 4.54. The van der Waals surface area contributed by atoms with Crippen molar-refractivity contribution in [1.29, 1.82) is 0 Å². The van der Waals surface area contributed by atoms with Gasteiger partial charge >= 0.3 is 0 Å². The molecule has 1 aromatic carbocycles. The quantitative estimate of drug-likeness (QED) is 0.395. The number of nitrogens with zero attached hydrogens (tertiary/aromatic N) is 3. The topological polar surface area (TPSA) is 99.4 Å². The van der Waals surface area contributed by atoms with Crippen LogP contribution in [-0.2, 0) is 16.8 Å². The average molecular weight is 503 g/mol. The predicted molar refractivity (Wildman–Crippen MR) is 127 cm³/mol. The van der Waals surface area contributed by atoms with Crippen molar-refractivity contribution >= 4 is 17.5 Å². The first-order valence-electron chi connectivity index (χ1n) is 11.6. The van der Waals surface area contributed by atoms with Gasteiger partial charge in [-0.25, -0.2) is 4.39 Å². The number of rotatable bonds is 11. The molecule has 1 N–H and O–H groups in total. The summed E-state index contributed by atoms with van der Waals surface area (Å²) in [5.74, 6) is 1.30. The lowest BCUT2D eigenvalue weighted by Crippen LogP contribution is -2.39. The summed E-state index contributed by atoms with van der Waals surface area (Å²) in [7, 11) is 0. The van der Waals surface area contributed by atoms with Crippen LogP contribution < -0.4 is 14.8 Å². The molecule has 1 fully saturated rings. The van der Waals surface area contributed by atoms with Crippen molar-refractivity contribution in [2.75, 3.05) is 13.2 Å². The van der Waals surface area contributed by atoms with Gasteiger partial charge in [-0.15, -0.1) is 10.2 Å². The number of hydrogen-bond donors (Lipinski definition) is 1. The first kappa shape index (κ1) is 24.9. The molecule has 3 aromatic rings. The van der Waals surface area contributed by atoms with Gasteiger partial charge in [-0.05, 0) is 49.4 Å². The molecule has 1 aliphatic rings. The van der Waals surface area contributed by atoms with Crippen LogP contribution in [-0.4, -0.2) is 34.2 Å². The van der Waals surface area contributed by atoms with Crippen molar-refractivity contribution in [2.24, 2.45) is 0 Å². The molecule has 8 nitrogen and oxygen atoms in total. The molecule has 186 valence electrons. The van der Waals surface area contributed by atoms with Gasteiger partial charge in [0.1, 0.15) is 17.3 Å². The van der Waals surface area contributed by atoms with Gasteiger partial charge in [0.25, 0.3) is 11.8 Å². The van der Waals surface area contributed by atoms with E-state index in [0.29, 0.717) is 36.4 Å². The number of nitrogens with one attached hydrogen (secondary N) is 1. The Kier molecular flexibility index (Phi) is 7.85. The molecule has 10 heteroatoms. The van der Waals surface area contributed by atoms with Gasteiger partial charge in [0, 0.05) is 18.3 Å². The number of amides is 1. The summed E-state index contributed by atoms with van der Waals surface area (Å²) in [5, 5.41) is 11.2. The Bertz CT molecular complexity index is 1150. The van der Waals surface area contributed by atoms with Gasteiger partial charge in [0.2, 0.25) is 5.89 Å². The van der Waals surface area contributed by atoms with Gasteiger partial charge in [0.05, 0.1) is 16.6 Å². The maximum atomic E-state index is 13.5. The van der Waals surface area contributed by atoms with Gasteiger partial charge in [-0.2, -0.15) is 0 Å². The Hall–Kier alpha value is -3.20. The van der Waals surface area contributed by atoms with Crippen molar-refractivity contribution in [3.05, 3.63) is 64.8 Å². The second kappa shape index (κ2) is 11.0. The van der Waals surface area contributed by atoms with Gasteiger partial charge < -0.3 is 19.2 Å². The van der Waals surface area contributed by atoms with Crippen LogP contribution in [0.15, 0.2) is 40.9 Å². The Morgan fingerprint density at radius 3 is 2.66 bits per heavy atom. The smallest absolute Gasteiger partial charge is 0.257 e. The third kappa shape index (κ3) is 6.28. The van der Waals surface area contributed by atoms with E-state index in [1.54, 1.807) is 6.20 Å². The number of benzene rings is 1. The molecule has 2 aromatic heterocycles. The van der Waals surface area contributed by atoms with Crippen LogP contribution in [0.2, 0.25) is 5.02 Å². The maximum absolute atomic E-state index is 13.5. The summed E-state index contributed by atoms with van der Waals surface area (Å²) >= 11 is 5.65. The summed E-state index contributed by atoms with van der Waals surface area (Å²) in [6.07, 6.45) is 5.23. The molecule has 35 heavy (non-hydrogen) atoms. The number of halogens is 2. The van der Waals surface area contributed by atoms with Crippen LogP contribution >= 0.6 is 11.6 Å².